The second-order valence-corrected chi connectivity index (χ2v) is 9.10. The van der Waals surface area contributed by atoms with Gasteiger partial charge in [0.2, 0.25) is 15.9 Å². The Morgan fingerprint density at radius 1 is 1.29 bits per heavy atom. The summed E-state index contributed by atoms with van der Waals surface area (Å²) in [5.41, 5.74) is 5.31. The summed E-state index contributed by atoms with van der Waals surface area (Å²) in [4.78, 5) is 12.5. The molecule has 3 rings (SSSR count). The lowest BCUT2D eigenvalue weighted by Gasteiger charge is -2.31. The molecule has 2 unspecified atom stereocenters. The first-order valence-electron chi connectivity index (χ1n) is 9.19. The molecule has 158 valence electrons. The van der Waals surface area contributed by atoms with Crippen LogP contribution in [-0.2, 0) is 14.8 Å². The highest BCUT2D eigenvalue weighted by atomic mass is 35.5. The lowest BCUT2D eigenvalue weighted by Crippen LogP contribution is -2.57. The van der Waals surface area contributed by atoms with E-state index in [1.165, 1.54) is 19.1 Å². The first-order chi connectivity index (χ1) is 12.7. The summed E-state index contributed by atoms with van der Waals surface area (Å²) in [6, 6.07) is 3.49. The van der Waals surface area contributed by atoms with Crippen molar-refractivity contribution < 1.29 is 22.7 Å². The molecule has 8 nitrogen and oxygen atoms in total. The molecule has 2 aliphatic rings. The van der Waals surface area contributed by atoms with E-state index in [0.717, 1.165) is 19.3 Å². The van der Waals surface area contributed by atoms with Gasteiger partial charge in [0.1, 0.15) is 0 Å². The van der Waals surface area contributed by atoms with Gasteiger partial charge in [-0.15, -0.1) is 12.4 Å². The van der Waals surface area contributed by atoms with E-state index < -0.39 is 27.5 Å². The van der Waals surface area contributed by atoms with Crippen molar-refractivity contribution in [3.05, 3.63) is 18.2 Å². The van der Waals surface area contributed by atoms with Crippen molar-refractivity contribution in [1.82, 2.24) is 10.0 Å². The SMILES string of the molecule is CC(NS(=O)(=O)c1ccc2c(c1)OCCCO2)C(=O)NC(C)(CN)C1CC1.Cl. The fraction of sp³-hybridized carbons (Fsp3) is 0.611. The van der Waals surface area contributed by atoms with Crippen LogP contribution < -0.4 is 25.2 Å². The van der Waals surface area contributed by atoms with E-state index in [1.807, 2.05) is 6.92 Å². The van der Waals surface area contributed by atoms with Crippen molar-refractivity contribution >= 4 is 28.3 Å². The quantitative estimate of drug-likeness (QED) is 0.594. The molecule has 1 aliphatic carbocycles. The van der Waals surface area contributed by atoms with E-state index in [9.17, 15) is 13.2 Å². The van der Waals surface area contributed by atoms with E-state index in [-0.39, 0.29) is 17.3 Å². The summed E-state index contributed by atoms with van der Waals surface area (Å²) < 4.78 is 38.9. The van der Waals surface area contributed by atoms with Gasteiger partial charge in [-0.25, -0.2) is 8.42 Å². The molecular weight excluding hydrogens is 406 g/mol. The molecule has 1 aliphatic heterocycles. The Balaban J connectivity index is 0.00000280. The second kappa shape index (κ2) is 8.86. The lowest BCUT2D eigenvalue weighted by atomic mass is 9.95. The summed E-state index contributed by atoms with van der Waals surface area (Å²) in [6.07, 6.45) is 2.77. The maximum atomic E-state index is 12.7. The van der Waals surface area contributed by atoms with E-state index in [1.54, 1.807) is 6.07 Å². The molecule has 1 amide bonds. The molecule has 1 heterocycles. The number of nitrogens with one attached hydrogen (secondary N) is 2. The number of carbonyl (C=O) groups is 1. The van der Waals surface area contributed by atoms with Crippen LogP contribution in [-0.4, -0.2) is 45.7 Å². The number of nitrogens with two attached hydrogens (primary N) is 1. The van der Waals surface area contributed by atoms with Crippen LogP contribution >= 0.6 is 12.4 Å². The van der Waals surface area contributed by atoms with Gasteiger partial charge in [0.25, 0.3) is 0 Å². The van der Waals surface area contributed by atoms with Crippen molar-refractivity contribution in [2.24, 2.45) is 11.7 Å². The van der Waals surface area contributed by atoms with Crippen molar-refractivity contribution in [2.75, 3.05) is 19.8 Å². The fourth-order valence-corrected chi connectivity index (χ4v) is 4.31. The summed E-state index contributed by atoms with van der Waals surface area (Å²) in [6.45, 7) is 4.70. The molecule has 1 saturated carbocycles. The number of hydrogen-bond donors (Lipinski definition) is 3. The molecule has 0 aromatic heterocycles. The van der Waals surface area contributed by atoms with Crippen LogP contribution in [0.15, 0.2) is 23.1 Å². The van der Waals surface area contributed by atoms with Crippen LogP contribution in [0.3, 0.4) is 0 Å². The highest BCUT2D eigenvalue weighted by Crippen LogP contribution is 2.39. The number of ether oxygens (including phenoxy) is 2. The van der Waals surface area contributed by atoms with Crippen molar-refractivity contribution in [1.29, 1.82) is 0 Å². The molecule has 1 fully saturated rings. The number of sulfonamides is 1. The standard InChI is InChI=1S/C18H27N3O5S.ClH/c1-12(17(22)20-18(2,11-19)13-4-5-13)21-27(23,24)14-6-7-15-16(10-14)26-9-3-8-25-15;/h6-7,10,12-13,21H,3-5,8-9,11,19H2,1-2H3,(H,20,22);1H. The van der Waals surface area contributed by atoms with Crippen LogP contribution in [0, 0.1) is 5.92 Å². The summed E-state index contributed by atoms with van der Waals surface area (Å²) >= 11 is 0. The van der Waals surface area contributed by atoms with Crippen LogP contribution in [0.2, 0.25) is 0 Å². The van der Waals surface area contributed by atoms with Gasteiger partial charge in [-0.05, 0) is 44.7 Å². The molecule has 0 spiro atoms. The number of rotatable bonds is 7. The molecule has 10 heteroatoms. The Bertz CT molecular complexity index is 815. The molecule has 2 atom stereocenters. The van der Waals surface area contributed by atoms with E-state index >= 15 is 0 Å². The van der Waals surface area contributed by atoms with Gasteiger partial charge in [-0.1, -0.05) is 0 Å². The molecular formula is C18H28ClN3O5S. The average molecular weight is 434 g/mol. The van der Waals surface area contributed by atoms with Gasteiger partial charge in [-0.2, -0.15) is 4.72 Å². The number of hydrogen-bond acceptors (Lipinski definition) is 6. The van der Waals surface area contributed by atoms with Crippen LogP contribution in [0.4, 0.5) is 0 Å². The molecule has 4 N–H and O–H groups in total. The van der Waals surface area contributed by atoms with Crippen molar-refractivity contribution in [3.8, 4) is 11.5 Å². The number of benzene rings is 1. The number of fused-ring (bicyclic) bond motifs is 1. The third-order valence-electron chi connectivity index (χ3n) is 5.07. The zero-order chi connectivity index (χ0) is 19.7. The van der Waals surface area contributed by atoms with Gasteiger partial charge in [0.15, 0.2) is 11.5 Å². The normalized spacial score (nSPS) is 19.5. The van der Waals surface area contributed by atoms with Crippen molar-refractivity contribution in [3.63, 3.8) is 0 Å². The Morgan fingerprint density at radius 3 is 2.54 bits per heavy atom. The first kappa shape index (κ1) is 22.7. The van der Waals surface area contributed by atoms with Crippen LogP contribution in [0.1, 0.15) is 33.1 Å². The lowest BCUT2D eigenvalue weighted by molar-refractivity contribution is -0.124. The van der Waals surface area contributed by atoms with E-state index in [0.29, 0.717) is 37.2 Å². The molecule has 0 bridgehead atoms. The number of halogens is 1. The third kappa shape index (κ3) is 5.08. The maximum Gasteiger partial charge on any atom is 0.241 e. The van der Waals surface area contributed by atoms with Crippen molar-refractivity contribution in [2.45, 2.75) is 49.6 Å². The van der Waals surface area contributed by atoms with E-state index in [2.05, 4.69) is 10.0 Å². The average Bonchev–Trinajstić information content (AvgIpc) is 3.47. The Hall–Kier alpha value is -1.55. The summed E-state index contributed by atoms with van der Waals surface area (Å²) in [7, 11) is -3.89. The van der Waals surface area contributed by atoms with Gasteiger partial charge in [-0.3, -0.25) is 4.79 Å². The van der Waals surface area contributed by atoms with Gasteiger partial charge < -0.3 is 20.5 Å². The smallest absolute Gasteiger partial charge is 0.241 e. The predicted octanol–water partition coefficient (Wildman–Crippen LogP) is 1.18. The molecule has 28 heavy (non-hydrogen) atoms. The van der Waals surface area contributed by atoms with Gasteiger partial charge >= 0.3 is 0 Å². The summed E-state index contributed by atoms with van der Waals surface area (Å²) in [5.74, 6) is 0.849. The molecule has 0 saturated heterocycles. The molecule has 0 radical (unpaired) electrons. The zero-order valence-corrected chi connectivity index (χ0v) is 17.7. The van der Waals surface area contributed by atoms with Crippen LogP contribution in [0.5, 0.6) is 11.5 Å². The minimum absolute atomic E-state index is 0. The summed E-state index contributed by atoms with van der Waals surface area (Å²) in [5, 5.41) is 2.90. The Kier molecular flexibility index (Phi) is 7.19. The minimum Gasteiger partial charge on any atom is -0.490 e. The number of amides is 1. The topological polar surface area (TPSA) is 120 Å². The van der Waals surface area contributed by atoms with Gasteiger partial charge in [0.05, 0.1) is 29.7 Å². The highest BCUT2D eigenvalue weighted by Gasteiger charge is 2.42. The molecule has 1 aromatic rings. The second-order valence-electron chi connectivity index (χ2n) is 7.39. The van der Waals surface area contributed by atoms with Gasteiger partial charge in [0, 0.05) is 19.0 Å². The fourth-order valence-electron chi connectivity index (χ4n) is 3.09. The largest absolute Gasteiger partial charge is 0.490 e. The highest BCUT2D eigenvalue weighted by molar-refractivity contribution is 7.89. The number of carbonyl (C=O) groups excluding carboxylic acids is 1. The monoisotopic (exact) mass is 433 g/mol. The first-order valence-corrected chi connectivity index (χ1v) is 10.7. The maximum absolute atomic E-state index is 12.7. The van der Waals surface area contributed by atoms with E-state index in [4.69, 9.17) is 15.2 Å². The Morgan fingerprint density at radius 2 is 1.93 bits per heavy atom. The minimum atomic E-state index is -3.89. The Labute approximate surface area is 172 Å². The molecule has 1 aromatic carbocycles. The third-order valence-corrected chi connectivity index (χ3v) is 6.60. The predicted molar refractivity (Wildman–Crippen MR) is 107 cm³/mol. The zero-order valence-electron chi connectivity index (χ0n) is 16.1. The van der Waals surface area contributed by atoms with Crippen LogP contribution in [0.25, 0.3) is 0 Å².